The highest BCUT2D eigenvalue weighted by atomic mass is 16.6. The predicted molar refractivity (Wildman–Crippen MR) is 83.6 cm³/mol. The molecule has 0 saturated heterocycles. The van der Waals surface area contributed by atoms with Crippen LogP contribution in [0.25, 0.3) is 6.08 Å². The van der Waals surface area contributed by atoms with Gasteiger partial charge in [0.15, 0.2) is 5.75 Å². The van der Waals surface area contributed by atoms with Gasteiger partial charge in [-0.1, -0.05) is 36.4 Å². The monoisotopic (exact) mass is 304 g/mol. The number of nitrogens with zero attached hydrogens (tertiary/aromatic N) is 1. The molecule has 0 saturated carbocycles. The zero-order chi connectivity index (χ0) is 16.4. The van der Waals surface area contributed by atoms with Crippen molar-refractivity contribution in [3.8, 4) is 5.75 Å². The number of carbonyl (C=O) groups is 1. The molecule has 6 nitrogen and oxygen atoms in total. The fourth-order valence-corrected chi connectivity index (χ4v) is 1.57. The molecule has 0 N–H and O–H groups in total. The normalized spacial score (nSPS) is 11.4. The largest absolute Gasteiger partial charge is 0.490 e. The van der Waals surface area contributed by atoms with Crippen LogP contribution in [0.15, 0.2) is 48.6 Å². The fraction of sp³-hybridized carbons (Fsp3) is 0.188. The lowest BCUT2D eigenvalue weighted by atomic mass is 10.1. The Bertz CT molecular complexity index is 617. The first-order chi connectivity index (χ1) is 10.6. The topological polar surface area (TPSA) is 78.7 Å². The van der Waals surface area contributed by atoms with Crippen LogP contribution in [0.2, 0.25) is 0 Å². The van der Waals surface area contributed by atoms with E-state index < -0.39 is 10.9 Å². The van der Waals surface area contributed by atoms with Gasteiger partial charge in [-0.25, -0.2) is 4.79 Å². The summed E-state index contributed by atoms with van der Waals surface area (Å²) in [5, 5.41) is 10.9. The summed E-state index contributed by atoms with van der Waals surface area (Å²) < 4.78 is 9.65. The van der Waals surface area contributed by atoms with Crippen molar-refractivity contribution in [1.29, 1.82) is 0 Å². The van der Waals surface area contributed by atoms with E-state index in [2.05, 4.69) is 0 Å². The second-order valence-electron chi connectivity index (χ2n) is 4.04. The molecule has 0 aliphatic carbocycles. The SMILES string of the molecule is CCOC(=O)/[13CH]=C/C=C/C=C/c1ccc(OC)c([N+](=O)[O-])c1. The zero-order valence-corrected chi connectivity index (χ0v) is 12.4. The van der Waals surface area contributed by atoms with Gasteiger partial charge in [0, 0.05) is 12.1 Å². The summed E-state index contributed by atoms with van der Waals surface area (Å²) in [7, 11) is 1.39. The second kappa shape index (κ2) is 9.12. The smallest absolute Gasteiger partial charge is 0.330 e. The average molecular weight is 304 g/mol. The molecule has 0 aliphatic heterocycles. The van der Waals surface area contributed by atoms with Crippen LogP contribution in [-0.2, 0) is 9.53 Å². The first kappa shape index (κ1) is 17.2. The van der Waals surface area contributed by atoms with E-state index in [1.807, 2.05) is 0 Å². The van der Waals surface area contributed by atoms with Crippen LogP contribution in [0.5, 0.6) is 5.75 Å². The highest BCUT2D eigenvalue weighted by molar-refractivity contribution is 5.82. The summed E-state index contributed by atoms with van der Waals surface area (Å²) in [6, 6.07) is 4.68. The molecule has 1 aromatic rings. The van der Waals surface area contributed by atoms with E-state index in [0.717, 1.165) is 0 Å². The van der Waals surface area contributed by atoms with Crippen LogP contribution in [0.4, 0.5) is 5.69 Å². The Morgan fingerprint density at radius 1 is 1.27 bits per heavy atom. The van der Waals surface area contributed by atoms with Gasteiger partial charge in [0.1, 0.15) is 0 Å². The Kier molecular flexibility index (Phi) is 7.12. The molecule has 0 heterocycles. The molecule has 1 aromatic carbocycles. The summed E-state index contributed by atoms with van der Waals surface area (Å²) >= 11 is 0. The van der Waals surface area contributed by atoms with Gasteiger partial charge in [-0.2, -0.15) is 0 Å². The maximum atomic E-state index is 11.0. The minimum atomic E-state index is -0.492. The van der Waals surface area contributed by atoms with Crippen molar-refractivity contribution in [2.45, 2.75) is 6.92 Å². The number of allylic oxidation sites excluding steroid dienone is 4. The Hall–Kier alpha value is -2.89. The maximum absolute atomic E-state index is 11.0. The number of hydrogen-bond acceptors (Lipinski definition) is 5. The number of hydrogen-bond donors (Lipinski definition) is 0. The summed E-state index contributed by atoms with van der Waals surface area (Å²) in [6.45, 7) is 2.07. The van der Waals surface area contributed by atoms with Gasteiger partial charge in [0.2, 0.25) is 0 Å². The highest BCUT2D eigenvalue weighted by Crippen LogP contribution is 2.27. The number of benzene rings is 1. The Labute approximate surface area is 128 Å². The third kappa shape index (κ3) is 5.62. The molecular formula is C16H17NO5. The van der Waals surface area contributed by atoms with Crippen molar-refractivity contribution in [2.24, 2.45) is 0 Å². The molecule has 0 aliphatic rings. The number of ether oxygens (including phenoxy) is 2. The summed E-state index contributed by atoms with van der Waals surface area (Å²) in [5.41, 5.74) is 0.586. The van der Waals surface area contributed by atoms with E-state index in [1.165, 1.54) is 19.3 Å². The van der Waals surface area contributed by atoms with Gasteiger partial charge >= 0.3 is 11.7 Å². The van der Waals surface area contributed by atoms with Gasteiger partial charge < -0.3 is 9.47 Å². The molecule has 0 aromatic heterocycles. The van der Waals surface area contributed by atoms with Crippen LogP contribution >= 0.6 is 0 Å². The molecule has 0 atom stereocenters. The van der Waals surface area contributed by atoms with Crippen molar-refractivity contribution < 1.29 is 19.2 Å². The van der Waals surface area contributed by atoms with Crippen LogP contribution in [-0.4, -0.2) is 24.6 Å². The molecule has 0 amide bonds. The van der Waals surface area contributed by atoms with Crippen LogP contribution in [0.1, 0.15) is 12.5 Å². The number of methoxy groups -OCH3 is 1. The Balaban J connectivity index is 2.69. The van der Waals surface area contributed by atoms with Crippen LogP contribution < -0.4 is 4.74 Å². The number of nitro groups is 1. The first-order valence-electron chi connectivity index (χ1n) is 6.59. The van der Waals surface area contributed by atoms with Gasteiger partial charge in [0.05, 0.1) is 18.6 Å². The third-order valence-electron chi connectivity index (χ3n) is 2.54. The summed E-state index contributed by atoms with van der Waals surface area (Å²) in [6.07, 6.45) is 9.64. The number of esters is 1. The minimum Gasteiger partial charge on any atom is -0.490 e. The van der Waals surface area contributed by atoms with Crippen molar-refractivity contribution in [2.75, 3.05) is 13.7 Å². The van der Waals surface area contributed by atoms with Crippen molar-refractivity contribution in [3.05, 3.63) is 64.3 Å². The van der Waals surface area contributed by atoms with Gasteiger partial charge in [-0.3, -0.25) is 10.1 Å². The van der Waals surface area contributed by atoms with E-state index >= 15 is 0 Å². The van der Waals surface area contributed by atoms with Crippen molar-refractivity contribution in [1.82, 2.24) is 0 Å². The van der Waals surface area contributed by atoms with Crippen molar-refractivity contribution >= 4 is 17.7 Å². The quantitative estimate of drug-likeness (QED) is 0.193. The minimum absolute atomic E-state index is 0.0872. The third-order valence-corrected chi connectivity index (χ3v) is 2.54. The van der Waals surface area contributed by atoms with Crippen molar-refractivity contribution in [3.63, 3.8) is 0 Å². The molecule has 22 heavy (non-hydrogen) atoms. The molecule has 116 valence electrons. The fourth-order valence-electron chi connectivity index (χ4n) is 1.57. The maximum Gasteiger partial charge on any atom is 0.330 e. The number of nitro benzene ring substituents is 1. The van der Waals surface area contributed by atoms with E-state index in [4.69, 9.17) is 9.47 Å². The van der Waals surface area contributed by atoms with Crippen LogP contribution in [0, 0.1) is 10.1 Å². The van der Waals surface area contributed by atoms with E-state index in [-0.39, 0.29) is 11.4 Å². The first-order valence-corrected chi connectivity index (χ1v) is 6.59. The lowest BCUT2D eigenvalue weighted by molar-refractivity contribution is -0.385. The van der Waals surface area contributed by atoms with E-state index in [9.17, 15) is 14.9 Å². The Morgan fingerprint density at radius 2 is 2.00 bits per heavy atom. The van der Waals surface area contributed by atoms with Crippen LogP contribution in [0.3, 0.4) is 0 Å². The molecule has 1 rings (SSSR count). The molecule has 0 radical (unpaired) electrons. The highest BCUT2D eigenvalue weighted by Gasteiger charge is 2.13. The van der Waals surface area contributed by atoms with E-state index in [0.29, 0.717) is 12.2 Å². The molecule has 0 spiro atoms. The molecule has 6 heteroatoms. The lowest BCUT2D eigenvalue weighted by Gasteiger charge is -2.01. The van der Waals surface area contributed by atoms with Gasteiger partial charge in [-0.15, -0.1) is 0 Å². The summed E-state index contributed by atoms with van der Waals surface area (Å²) in [5.74, 6) is -0.183. The Morgan fingerprint density at radius 3 is 2.64 bits per heavy atom. The number of carbonyl (C=O) groups excluding carboxylic acids is 1. The standard InChI is InChI=1S/C16H17NO5/c1-3-22-16(18)9-7-5-4-6-8-13-10-11-15(21-2)14(12-13)17(19)20/h4-12H,3H2,1-2H3/b5-4+,8-6+,9-7+/i9+1. The number of rotatable bonds is 7. The predicted octanol–water partition coefficient (Wildman–Crippen LogP) is 3.29. The van der Waals surface area contributed by atoms with Gasteiger partial charge in [0.25, 0.3) is 0 Å². The summed E-state index contributed by atoms with van der Waals surface area (Å²) in [4.78, 5) is 21.4. The van der Waals surface area contributed by atoms with E-state index in [1.54, 1.807) is 49.4 Å². The second-order valence-corrected chi connectivity index (χ2v) is 4.04. The lowest BCUT2D eigenvalue weighted by Crippen LogP contribution is -1.98. The molecule has 0 unspecified atom stereocenters. The molecule has 0 bridgehead atoms. The average Bonchev–Trinajstić information content (AvgIpc) is 2.50. The van der Waals surface area contributed by atoms with Gasteiger partial charge in [-0.05, 0) is 18.6 Å². The molecule has 0 fully saturated rings. The molecular weight excluding hydrogens is 287 g/mol. The zero-order valence-electron chi connectivity index (χ0n) is 12.4.